The van der Waals surface area contributed by atoms with Crippen molar-refractivity contribution in [1.29, 1.82) is 0 Å². The Labute approximate surface area is 250 Å². The standard InChI is InChI=1S/C29H50O2.C4H11O5P/c1-6-7-8-9-10-11-12-13-14-15-16-17-18-19-21-29(5)22-20-26-25(4)27(30)23(2)24(3)28(26)31-29;1-2-4(5)3-9-10(6,7)8/h30H,6-22H2,1-5H3;4-5H,2-3H2,1H3,(H2,6,7,8). The minimum atomic E-state index is -4.39. The molecule has 0 amide bonds. The number of aliphatic hydroxyl groups is 1. The van der Waals surface area contributed by atoms with Crippen molar-refractivity contribution in [1.82, 2.24) is 0 Å². The van der Waals surface area contributed by atoms with Crippen LogP contribution >= 0.6 is 7.82 Å². The van der Waals surface area contributed by atoms with Crippen molar-refractivity contribution in [2.45, 2.75) is 169 Å². The minimum absolute atomic E-state index is 0.0509. The highest BCUT2D eigenvalue weighted by Crippen LogP contribution is 2.44. The Balaban J connectivity index is 0.000000716. The fraction of sp³-hybridized carbons (Fsp3) is 0.818. The van der Waals surface area contributed by atoms with Crippen LogP contribution in [0, 0.1) is 20.8 Å². The molecule has 1 heterocycles. The van der Waals surface area contributed by atoms with E-state index < -0.39 is 13.9 Å². The summed E-state index contributed by atoms with van der Waals surface area (Å²) in [6.45, 7) is 12.1. The summed E-state index contributed by atoms with van der Waals surface area (Å²) in [6.07, 6.45) is 22.5. The zero-order chi connectivity index (χ0) is 30.9. The van der Waals surface area contributed by atoms with E-state index in [4.69, 9.17) is 19.6 Å². The van der Waals surface area contributed by atoms with Gasteiger partial charge in [-0.2, -0.15) is 0 Å². The second-order valence-corrected chi connectivity index (χ2v) is 13.5. The Morgan fingerprint density at radius 1 is 0.829 bits per heavy atom. The van der Waals surface area contributed by atoms with Gasteiger partial charge in [0.25, 0.3) is 0 Å². The van der Waals surface area contributed by atoms with E-state index in [1.807, 2.05) is 13.8 Å². The highest BCUT2D eigenvalue weighted by molar-refractivity contribution is 7.46. The molecule has 2 unspecified atom stereocenters. The third-order valence-electron chi connectivity index (χ3n) is 8.56. The number of phenolic OH excluding ortho intramolecular Hbond substituents is 1. The van der Waals surface area contributed by atoms with Gasteiger partial charge in [-0.05, 0) is 76.5 Å². The van der Waals surface area contributed by atoms with Crippen molar-refractivity contribution >= 4 is 7.82 Å². The van der Waals surface area contributed by atoms with Crippen molar-refractivity contribution in [3.63, 3.8) is 0 Å². The Morgan fingerprint density at radius 2 is 1.32 bits per heavy atom. The molecule has 41 heavy (non-hydrogen) atoms. The molecule has 0 radical (unpaired) electrons. The van der Waals surface area contributed by atoms with Gasteiger partial charge in [0.1, 0.15) is 17.1 Å². The number of aliphatic hydroxyl groups excluding tert-OH is 1. The van der Waals surface area contributed by atoms with Crippen molar-refractivity contribution in [3.8, 4) is 11.5 Å². The molecule has 0 aliphatic carbocycles. The Bertz CT molecular complexity index is 914. The number of ether oxygens (including phenoxy) is 1. The number of rotatable bonds is 19. The molecule has 1 aromatic rings. The number of phosphoric ester groups is 1. The van der Waals surface area contributed by atoms with Crippen LogP contribution in [0.15, 0.2) is 0 Å². The molecule has 1 aromatic carbocycles. The number of phosphoric acid groups is 1. The molecule has 0 bridgehead atoms. The Hall–Kier alpha value is -1.11. The average Bonchev–Trinajstić information content (AvgIpc) is 2.93. The first kappa shape index (κ1) is 37.9. The average molecular weight is 601 g/mol. The molecule has 1 aliphatic heterocycles. The van der Waals surface area contributed by atoms with Crippen molar-refractivity contribution in [2.24, 2.45) is 0 Å². The topological polar surface area (TPSA) is 116 Å². The number of fused-ring (bicyclic) bond motifs is 1. The molecule has 4 N–H and O–H groups in total. The fourth-order valence-electron chi connectivity index (χ4n) is 5.47. The van der Waals surface area contributed by atoms with E-state index in [1.165, 1.54) is 95.5 Å². The molecule has 7 nitrogen and oxygen atoms in total. The Kier molecular flexibility index (Phi) is 18.5. The maximum absolute atomic E-state index is 10.4. The van der Waals surface area contributed by atoms with E-state index >= 15 is 0 Å². The van der Waals surface area contributed by atoms with Gasteiger partial charge in [0, 0.05) is 5.56 Å². The van der Waals surface area contributed by atoms with Crippen LogP contribution in [0.4, 0.5) is 0 Å². The van der Waals surface area contributed by atoms with Crippen LogP contribution in [-0.4, -0.2) is 38.3 Å². The number of phenols is 1. The van der Waals surface area contributed by atoms with Gasteiger partial charge in [0.2, 0.25) is 0 Å². The summed E-state index contributed by atoms with van der Waals surface area (Å²) in [4.78, 5) is 16.3. The van der Waals surface area contributed by atoms with Gasteiger partial charge in [0.15, 0.2) is 0 Å². The van der Waals surface area contributed by atoms with E-state index in [-0.39, 0.29) is 12.2 Å². The monoisotopic (exact) mass is 600 g/mol. The number of hydrogen-bond acceptors (Lipinski definition) is 5. The molecule has 0 saturated carbocycles. The maximum Gasteiger partial charge on any atom is 0.469 e. The van der Waals surface area contributed by atoms with Crippen LogP contribution < -0.4 is 4.74 Å². The van der Waals surface area contributed by atoms with Gasteiger partial charge in [-0.25, -0.2) is 4.57 Å². The summed E-state index contributed by atoms with van der Waals surface area (Å²) < 4.78 is 20.6. The summed E-state index contributed by atoms with van der Waals surface area (Å²) in [5.41, 5.74) is 4.27. The summed E-state index contributed by atoms with van der Waals surface area (Å²) in [5.74, 6) is 1.50. The summed E-state index contributed by atoms with van der Waals surface area (Å²) >= 11 is 0. The predicted molar refractivity (Wildman–Crippen MR) is 169 cm³/mol. The zero-order valence-electron chi connectivity index (χ0n) is 27.0. The predicted octanol–water partition coefficient (Wildman–Crippen LogP) is 9.14. The highest BCUT2D eigenvalue weighted by atomic mass is 31.2. The van der Waals surface area contributed by atoms with Crippen LogP contribution in [0.25, 0.3) is 0 Å². The Morgan fingerprint density at radius 3 is 1.78 bits per heavy atom. The van der Waals surface area contributed by atoms with Crippen LogP contribution in [0.3, 0.4) is 0 Å². The molecule has 2 atom stereocenters. The molecule has 2 rings (SSSR count). The first-order valence-corrected chi connectivity index (χ1v) is 17.8. The molecule has 0 aromatic heterocycles. The first-order chi connectivity index (χ1) is 19.3. The molecule has 0 fully saturated rings. The summed E-state index contributed by atoms with van der Waals surface area (Å²) in [7, 11) is -4.39. The van der Waals surface area contributed by atoms with Crippen LogP contribution in [0.5, 0.6) is 11.5 Å². The van der Waals surface area contributed by atoms with Gasteiger partial charge in [-0.15, -0.1) is 0 Å². The number of aromatic hydroxyl groups is 1. The lowest BCUT2D eigenvalue weighted by Crippen LogP contribution is -2.37. The fourth-order valence-corrected chi connectivity index (χ4v) is 5.83. The molecular weight excluding hydrogens is 539 g/mol. The summed E-state index contributed by atoms with van der Waals surface area (Å²) in [6, 6.07) is 0. The lowest BCUT2D eigenvalue weighted by Gasteiger charge is -2.38. The van der Waals surface area contributed by atoms with Gasteiger partial charge in [0.05, 0.1) is 12.7 Å². The number of unbranched alkanes of at least 4 members (excludes halogenated alkanes) is 13. The van der Waals surface area contributed by atoms with E-state index in [0.29, 0.717) is 12.2 Å². The zero-order valence-corrected chi connectivity index (χ0v) is 27.9. The third-order valence-corrected chi connectivity index (χ3v) is 9.04. The molecule has 8 heteroatoms. The molecule has 0 saturated heterocycles. The third kappa shape index (κ3) is 15.3. The van der Waals surface area contributed by atoms with Crippen molar-refractivity contribution < 1.29 is 33.8 Å². The van der Waals surface area contributed by atoms with Gasteiger partial charge < -0.3 is 24.7 Å². The second-order valence-electron chi connectivity index (χ2n) is 12.3. The molecule has 1 aliphatic rings. The normalized spacial score (nSPS) is 17.4. The minimum Gasteiger partial charge on any atom is -0.507 e. The highest BCUT2D eigenvalue weighted by Gasteiger charge is 2.34. The molecular formula is C33H61O7P. The van der Waals surface area contributed by atoms with Crippen molar-refractivity contribution in [2.75, 3.05) is 6.61 Å². The van der Waals surface area contributed by atoms with Crippen LogP contribution in [0.2, 0.25) is 0 Å². The lowest BCUT2D eigenvalue weighted by molar-refractivity contribution is 0.0521. The number of benzene rings is 1. The first-order valence-electron chi connectivity index (χ1n) is 16.2. The number of hydrogen-bond donors (Lipinski definition) is 4. The van der Waals surface area contributed by atoms with E-state index in [2.05, 4.69) is 25.3 Å². The van der Waals surface area contributed by atoms with Gasteiger partial charge >= 0.3 is 7.82 Å². The van der Waals surface area contributed by atoms with E-state index in [0.717, 1.165) is 41.7 Å². The van der Waals surface area contributed by atoms with Crippen molar-refractivity contribution in [3.05, 3.63) is 22.3 Å². The maximum atomic E-state index is 10.4. The van der Waals surface area contributed by atoms with E-state index in [9.17, 15) is 9.67 Å². The molecule has 240 valence electrons. The van der Waals surface area contributed by atoms with Gasteiger partial charge in [-0.3, -0.25) is 4.52 Å². The lowest BCUT2D eigenvalue weighted by atomic mass is 9.84. The quantitative estimate of drug-likeness (QED) is 0.0924. The largest absolute Gasteiger partial charge is 0.507 e. The molecule has 0 spiro atoms. The van der Waals surface area contributed by atoms with Crippen LogP contribution in [-0.2, 0) is 15.5 Å². The van der Waals surface area contributed by atoms with E-state index in [1.54, 1.807) is 6.92 Å². The smallest absolute Gasteiger partial charge is 0.469 e. The second kappa shape index (κ2) is 20.0. The van der Waals surface area contributed by atoms with Crippen LogP contribution in [0.1, 0.15) is 152 Å². The summed E-state index contributed by atoms with van der Waals surface area (Å²) in [5, 5.41) is 19.1. The van der Waals surface area contributed by atoms with Gasteiger partial charge in [-0.1, -0.05) is 97.3 Å². The SMILES string of the molecule is CCC(O)COP(=O)(O)O.CCCCCCCCCCCCCCCCC1(C)CCc2c(C)c(O)c(C)c(C)c2O1.